The molecule has 1 aromatic rings. The fourth-order valence-corrected chi connectivity index (χ4v) is 4.84. The molecule has 2 saturated heterocycles. The van der Waals surface area contributed by atoms with Gasteiger partial charge in [-0.05, 0) is 44.2 Å². The Hall–Kier alpha value is -1.59. The van der Waals surface area contributed by atoms with E-state index in [0.29, 0.717) is 5.41 Å². The molecule has 1 aromatic carbocycles. The van der Waals surface area contributed by atoms with Crippen LogP contribution in [-0.2, 0) is 17.7 Å². The Morgan fingerprint density at radius 2 is 2.04 bits per heavy atom. The van der Waals surface area contributed by atoms with Crippen LogP contribution in [0.25, 0.3) is 0 Å². The molecule has 3 aliphatic heterocycles. The zero-order valence-electron chi connectivity index (χ0n) is 17.1. The third-order valence-electron chi connectivity index (χ3n) is 6.80. The van der Waals surface area contributed by atoms with Crippen molar-refractivity contribution in [2.24, 2.45) is 10.4 Å². The Kier molecular flexibility index (Phi) is 5.17. The van der Waals surface area contributed by atoms with Crippen LogP contribution in [0.1, 0.15) is 37.8 Å². The Morgan fingerprint density at radius 1 is 1.22 bits per heavy atom. The maximum Gasteiger partial charge on any atom is 0.193 e. The second-order valence-electron chi connectivity index (χ2n) is 9.13. The third-order valence-corrected chi connectivity index (χ3v) is 6.80. The first-order valence-corrected chi connectivity index (χ1v) is 10.4. The lowest BCUT2D eigenvalue weighted by Gasteiger charge is -2.42. The van der Waals surface area contributed by atoms with E-state index in [9.17, 15) is 0 Å². The molecule has 5 nitrogen and oxygen atoms in total. The number of nitrogens with one attached hydrogen (secondary N) is 1. The summed E-state index contributed by atoms with van der Waals surface area (Å²) in [5, 5.41) is 3.67. The van der Waals surface area contributed by atoms with Gasteiger partial charge < -0.3 is 15.0 Å². The zero-order chi connectivity index (χ0) is 18.9. The van der Waals surface area contributed by atoms with Crippen molar-refractivity contribution in [2.75, 3.05) is 46.4 Å². The molecule has 148 valence electrons. The van der Waals surface area contributed by atoms with E-state index in [-0.39, 0.29) is 5.54 Å². The zero-order valence-corrected chi connectivity index (χ0v) is 17.1. The highest BCUT2D eigenvalue weighted by molar-refractivity contribution is 5.80. The highest BCUT2D eigenvalue weighted by Crippen LogP contribution is 2.38. The number of hydrogen-bond acceptors (Lipinski definition) is 3. The van der Waals surface area contributed by atoms with Gasteiger partial charge in [0.2, 0.25) is 0 Å². The van der Waals surface area contributed by atoms with Crippen molar-refractivity contribution in [3.05, 3.63) is 35.4 Å². The summed E-state index contributed by atoms with van der Waals surface area (Å²) < 4.78 is 5.67. The largest absolute Gasteiger partial charge is 0.381 e. The first kappa shape index (κ1) is 18.8. The van der Waals surface area contributed by atoms with Crippen molar-refractivity contribution >= 4 is 5.96 Å². The standard InChI is InChI=1S/C22H34N4O/c1-21(2,26-11-8-18-6-4-5-7-19(18)14-26)15-24-20(23-3)25-12-9-22(16-25)10-13-27-17-22/h4-7H,8-17H2,1-3H3,(H,23,24). The molecule has 4 rings (SSSR count). The van der Waals surface area contributed by atoms with E-state index in [0.717, 1.165) is 58.3 Å². The number of aliphatic imine (C=N–C) groups is 1. The van der Waals surface area contributed by atoms with Crippen LogP contribution in [0.5, 0.6) is 0 Å². The molecule has 0 saturated carbocycles. The van der Waals surface area contributed by atoms with Crippen molar-refractivity contribution < 1.29 is 4.74 Å². The Morgan fingerprint density at radius 3 is 2.78 bits per heavy atom. The molecule has 1 N–H and O–H groups in total. The van der Waals surface area contributed by atoms with E-state index in [1.807, 2.05) is 7.05 Å². The molecule has 3 heterocycles. The fourth-order valence-electron chi connectivity index (χ4n) is 4.84. The second-order valence-corrected chi connectivity index (χ2v) is 9.13. The fraction of sp³-hybridized carbons (Fsp3) is 0.682. The van der Waals surface area contributed by atoms with Gasteiger partial charge in [0, 0.05) is 57.3 Å². The van der Waals surface area contributed by atoms with Crippen LogP contribution in [0.4, 0.5) is 0 Å². The van der Waals surface area contributed by atoms with Gasteiger partial charge in [0.1, 0.15) is 0 Å². The van der Waals surface area contributed by atoms with E-state index < -0.39 is 0 Å². The van der Waals surface area contributed by atoms with Gasteiger partial charge >= 0.3 is 0 Å². The molecule has 0 radical (unpaired) electrons. The maximum absolute atomic E-state index is 5.67. The first-order valence-electron chi connectivity index (χ1n) is 10.4. The lowest BCUT2D eigenvalue weighted by atomic mass is 9.87. The van der Waals surface area contributed by atoms with Gasteiger partial charge in [0.05, 0.1) is 6.61 Å². The second kappa shape index (κ2) is 7.44. The Bertz CT molecular complexity index is 693. The van der Waals surface area contributed by atoms with E-state index >= 15 is 0 Å². The number of nitrogens with zero attached hydrogens (tertiary/aromatic N) is 3. The highest BCUT2D eigenvalue weighted by atomic mass is 16.5. The van der Waals surface area contributed by atoms with E-state index in [4.69, 9.17) is 4.74 Å². The van der Waals surface area contributed by atoms with Crippen molar-refractivity contribution in [3.63, 3.8) is 0 Å². The molecular formula is C22H34N4O. The van der Waals surface area contributed by atoms with Gasteiger partial charge in [0.15, 0.2) is 5.96 Å². The number of likely N-dealkylation sites (tertiary alicyclic amines) is 1. The summed E-state index contributed by atoms with van der Waals surface area (Å²) in [7, 11) is 1.91. The average Bonchev–Trinajstić information content (AvgIpc) is 3.32. The van der Waals surface area contributed by atoms with Crippen molar-refractivity contribution in [1.29, 1.82) is 0 Å². The van der Waals surface area contributed by atoms with Crippen LogP contribution < -0.4 is 5.32 Å². The minimum atomic E-state index is 0.0807. The molecule has 1 spiro atoms. The number of ether oxygens (including phenoxy) is 1. The molecule has 27 heavy (non-hydrogen) atoms. The Labute approximate surface area is 163 Å². The lowest BCUT2D eigenvalue weighted by Crippen LogP contribution is -2.55. The molecule has 0 aliphatic carbocycles. The maximum atomic E-state index is 5.67. The van der Waals surface area contributed by atoms with Crippen molar-refractivity contribution in [2.45, 2.75) is 45.2 Å². The van der Waals surface area contributed by atoms with Crippen molar-refractivity contribution in [1.82, 2.24) is 15.1 Å². The molecule has 5 heteroatoms. The van der Waals surface area contributed by atoms with Crippen LogP contribution >= 0.6 is 0 Å². The quantitative estimate of drug-likeness (QED) is 0.656. The van der Waals surface area contributed by atoms with E-state index in [1.165, 1.54) is 24.0 Å². The monoisotopic (exact) mass is 370 g/mol. The van der Waals surface area contributed by atoms with Crippen molar-refractivity contribution in [3.8, 4) is 0 Å². The first-order chi connectivity index (χ1) is 13.0. The molecule has 1 unspecified atom stereocenters. The van der Waals surface area contributed by atoms with Crippen LogP contribution in [0, 0.1) is 5.41 Å². The van der Waals surface area contributed by atoms with E-state index in [2.05, 4.69) is 58.2 Å². The number of fused-ring (bicyclic) bond motifs is 1. The number of rotatable bonds is 3. The number of benzene rings is 1. The molecule has 0 bridgehead atoms. The normalized spacial score (nSPS) is 26.6. The summed E-state index contributed by atoms with van der Waals surface area (Å²) >= 11 is 0. The van der Waals surface area contributed by atoms with Crippen LogP contribution in [0.15, 0.2) is 29.3 Å². The Balaban J connectivity index is 1.35. The van der Waals surface area contributed by atoms with Crippen LogP contribution in [0.3, 0.4) is 0 Å². The average molecular weight is 371 g/mol. The predicted molar refractivity (Wildman–Crippen MR) is 110 cm³/mol. The smallest absolute Gasteiger partial charge is 0.193 e. The summed E-state index contributed by atoms with van der Waals surface area (Å²) in [6.45, 7) is 11.7. The SMILES string of the molecule is CN=C(NCC(C)(C)N1CCc2ccccc2C1)N1CCC2(CCOC2)C1. The lowest BCUT2D eigenvalue weighted by molar-refractivity contribution is 0.106. The highest BCUT2D eigenvalue weighted by Gasteiger charge is 2.42. The predicted octanol–water partition coefficient (Wildman–Crippen LogP) is 2.51. The molecule has 1 atom stereocenters. The number of hydrogen-bond donors (Lipinski definition) is 1. The van der Waals surface area contributed by atoms with Crippen LogP contribution in [-0.4, -0.2) is 67.7 Å². The van der Waals surface area contributed by atoms with E-state index in [1.54, 1.807) is 0 Å². The van der Waals surface area contributed by atoms with Gasteiger partial charge in [-0.2, -0.15) is 0 Å². The number of guanidine groups is 1. The van der Waals surface area contributed by atoms with Gasteiger partial charge in [-0.15, -0.1) is 0 Å². The minimum absolute atomic E-state index is 0.0807. The molecule has 2 fully saturated rings. The minimum Gasteiger partial charge on any atom is -0.381 e. The summed E-state index contributed by atoms with van der Waals surface area (Å²) in [5.74, 6) is 1.05. The summed E-state index contributed by atoms with van der Waals surface area (Å²) in [6, 6.07) is 8.86. The van der Waals surface area contributed by atoms with Crippen LogP contribution in [0.2, 0.25) is 0 Å². The molecular weight excluding hydrogens is 336 g/mol. The third kappa shape index (κ3) is 3.85. The summed E-state index contributed by atoms with van der Waals surface area (Å²) in [6.07, 6.45) is 3.56. The topological polar surface area (TPSA) is 40.1 Å². The van der Waals surface area contributed by atoms with Gasteiger partial charge in [-0.1, -0.05) is 24.3 Å². The van der Waals surface area contributed by atoms with Gasteiger partial charge in [0.25, 0.3) is 0 Å². The summed E-state index contributed by atoms with van der Waals surface area (Å²) in [5.41, 5.74) is 3.43. The van der Waals surface area contributed by atoms with Gasteiger partial charge in [-0.25, -0.2) is 0 Å². The molecule has 0 aromatic heterocycles. The molecule has 3 aliphatic rings. The molecule has 0 amide bonds. The summed E-state index contributed by atoms with van der Waals surface area (Å²) in [4.78, 5) is 9.61. The van der Waals surface area contributed by atoms with Gasteiger partial charge in [-0.3, -0.25) is 9.89 Å².